The van der Waals surface area contributed by atoms with Crippen molar-refractivity contribution in [1.29, 1.82) is 0 Å². The summed E-state index contributed by atoms with van der Waals surface area (Å²) in [6.07, 6.45) is 12.5. The Kier molecular flexibility index (Phi) is 12.2. The molecular formula is C14H25. The highest BCUT2D eigenvalue weighted by molar-refractivity contribution is 4.98. The molecule has 0 amide bonds. The molecule has 0 aromatic carbocycles. The van der Waals surface area contributed by atoms with Crippen LogP contribution in [0, 0.1) is 18.8 Å². The highest BCUT2D eigenvalue weighted by atomic mass is 13.9. The number of unbranched alkanes of at least 4 members (excludes halogenated alkanes) is 8. The van der Waals surface area contributed by atoms with Crippen LogP contribution in [0.1, 0.15) is 71.1 Å². The summed E-state index contributed by atoms with van der Waals surface area (Å²) in [6.45, 7) is 6.05. The van der Waals surface area contributed by atoms with E-state index in [0.717, 1.165) is 19.3 Å². The average molecular weight is 193 g/mol. The summed E-state index contributed by atoms with van der Waals surface area (Å²) in [4.78, 5) is 0. The van der Waals surface area contributed by atoms with E-state index in [2.05, 4.69) is 25.7 Å². The van der Waals surface area contributed by atoms with Gasteiger partial charge in [0.1, 0.15) is 0 Å². The SMILES string of the molecule is [CH2]CCCCCCCC#CCCCC. The van der Waals surface area contributed by atoms with E-state index in [1.807, 2.05) is 0 Å². The molecule has 0 bridgehead atoms. The summed E-state index contributed by atoms with van der Waals surface area (Å²) in [5.74, 6) is 6.48. The second-order valence-electron chi connectivity index (χ2n) is 3.83. The molecule has 0 heterocycles. The standard InChI is InChI=1S/C14H25/c1-3-5-7-9-11-13-14-12-10-8-6-4-2/h1,3-9,11,13-14H2,2H3. The molecule has 0 fully saturated rings. The third kappa shape index (κ3) is 11.6. The van der Waals surface area contributed by atoms with Gasteiger partial charge in [-0.1, -0.05) is 52.4 Å². The lowest BCUT2D eigenvalue weighted by Crippen LogP contribution is -1.78. The van der Waals surface area contributed by atoms with E-state index in [-0.39, 0.29) is 0 Å². The molecule has 0 rings (SSSR count). The molecule has 1 radical (unpaired) electrons. The zero-order chi connectivity index (χ0) is 10.5. The second kappa shape index (κ2) is 12.6. The van der Waals surface area contributed by atoms with Crippen LogP contribution in [0.3, 0.4) is 0 Å². The summed E-state index contributed by atoms with van der Waals surface area (Å²) in [5, 5.41) is 0. The smallest absolute Gasteiger partial charge is 0.00886 e. The zero-order valence-electron chi connectivity index (χ0n) is 9.78. The Hall–Kier alpha value is -0.440. The lowest BCUT2D eigenvalue weighted by molar-refractivity contribution is 0.624. The first-order valence-corrected chi connectivity index (χ1v) is 6.16. The third-order valence-electron chi connectivity index (χ3n) is 2.33. The van der Waals surface area contributed by atoms with Gasteiger partial charge in [0.05, 0.1) is 0 Å². The van der Waals surface area contributed by atoms with Gasteiger partial charge >= 0.3 is 0 Å². The van der Waals surface area contributed by atoms with Crippen molar-refractivity contribution in [3.8, 4) is 11.8 Å². The van der Waals surface area contributed by atoms with Crippen molar-refractivity contribution in [2.45, 2.75) is 71.1 Å². The van der Waals surface area contributed by atoms with Crippen LogP contribution < -0.4 is 0 Å². The normalized spacial score (nSPS) is 9.57. The fourth-order valence-corrected chi connectivity index (χ4v) is 1.36. The summed E-state index contributed by atoms with van der Waals surface area (Å²) in [5.41, 5.74) is 0. The van der Waals surface area contributed by atoms with E-state index in [1.165, 1.54) is 44.9 Å². The van der Waals surface area contributed by atoms with E-state index >= 15 is 0 Å². The molecule has 81 valence electrons. The zero-order valence-corrected chi connectivity index (χ0v) is 9.78. The maximum absolute atomic E-state index is 3.84. The van der Waals surface area contributed by atoms with E-state index in [4.69, 9.17) is 0 Å². The summed E-state index contributed by atoms with van der Waals surface area (Å²) in [7, 11) is 0. The van der Waals surface area contributed by atoms with Crippen molar-refractivity contribution in [1.82, 2.24) is 0 Å². The average Bonchev–Trinajstić information content (AvgIpc) is 2.21. The predicted octanol–water partition coefficient (Wildman–Crippen LogP) is 4.74. The van der Waals surface area contributed by atoms with Crippen LogP contribution >= 0.6 is 0 Å². The van der Waals surface area contributed by atoms with Gasteiger partial charge in [0, 0.05) is 12.8 Å². The Balaban J connectivity index is 2.99. The molecule has 0 aromatic heterocycles. The molecule has 0 saturated heterocycles. The van der Waals surface area contributed by atoms with Crippen LogP contribution in [0.5, 0.6) is 0 Å². The Labute approximate surface area is 90.5 Å². The van der Waals surface area contributed by atoms with E-state index < -0.39 is 0 Å². The van der Waals surface area contributed by atoms with Crippen LogP contribution in [-0.4, -0.2) is 0 Å². The fraction of sp³-hybridized carbons (Fsp3) is 0.786. The summed E-state index contributed by atoms with van der Waals surface area (Å²) in [6, 6.07) is 0. The minimum atomic E-state index is 1.09. The highest BCUT2D eigenvalue weighted by Gasteiger charge is 1.87. The lowest BCUT2D eigenvalue weighted by Gasteiger charge is -1.96. The van der Waals surface area contributed by atoms with Crippen molar-refractivity contribution >= 4 is 0 Å². The summed E-state index contributed by atoms with van der Waals surface area (Å²) < 4.78 is 0. The molecule has 14 heavy (non-hydrogen) atoms. The molecule has 0 aromatic rings. The minimum absolute atomic E-state index is 1.09. The first kappa shape index (κ1) is 13.6. The van der Waals surface area contributed by atoms with Crippen molar-refractivity contribution in [3.63, 3.8) is 0 Å². The maximum Gasteiger partial charge on any atom is 0.00886 e. The maximum atomic E-state index is 3.84. The van der Waals surface area contributed by atoms with Gasteiger partial charge in [0.25, 0.3) is 0 Å². The van der Waals surface area contributed by atoms with Gasteiger partial charge in [-0.15, -0.1) is 11.8 Å². The number of hydrogen-bond acceptors (Lipinski definition) is 0. The van der Waals surface area contributed by atoms with Crippen LogP contribution in [-0.2, 0) is 0 Å². The Morgan fingerprint density at radius 3 is 2.00 bits per heavy atom. The first-order valence-electron chi connectivity index (χ1n) is 6.16. The van der Waals surface area contributed by atoms with Crippen molar-refractivity contribution in [3.05, 3.63) is 6.92 Å². The van der Waals surface area contributed by atoms with Crippen molar-refractivity contribution in [2.24, 2.45) is 0 Å². The molecule has 0 spiro atoms. The number of hydrogen-bond donors (Lipinski definition) is 0. The Bertz CT molecular complexity index is 147. The molecule has 0 aliphatic heterocycles. The lowest BCUT2D eigenvalue weighted by atomic mass is 10.1. The minimum Gasteiger partial charge on any atom is -0.103 e. The molecular weight excluding hydrogens is 168 g/mol. The van der Waals surface area contributed by atoms with Crippen LogP contribution in [0.25, 0.3) is 0 Å². The first-order chi connectivity index (χ1) is 6.91. The monoisotopic (exact) mass is 193 g/mol. The van der Waals surface area contributed by atoms with E-state index in [0.29, 0.717) is 0 Å². The van der Waals surface area contributed by atoms with Gasteiger partial charge in [-0.2, -0.15) is 0 Å². The number of rotatable bonds is 8. The topological polar surface area (TPSA) is 0 Å². The summed E-state index contributed by atoms with van der Waals surface area (Å²) >= 11 is 0. The van der Waals surface area contributed by atoms with Gasteiger partial charge < -0.3 is 0 Å². The third-order valence-corrected chi connectivity index (χ3v) is 2.33. The fourth-order valence-electron chi connectivity index (χ4n) is 1.36. The molecule has 0 aliphatic rings. The van der Waals surface area contributed by atoms with Gasteiger partial charge in [-0.3, -0.25) is 0 Å². The van der Waals surface area contributed by atoms with Crippen LogP contribution in [0.15, 0.2) is 0 Å². The molecule has 0 atom stereocenters. The van der Waals surface area contributed by atoms with Gasteiger partial charge in [0.15, 0.2) is 0 Å². The van der Waals surface area contributed by atoms with Crippen molar-refractivity contribution < 1.29 is 0 Å². The van der Waals surface area contributed by atoms with E-state index in [1.54, 1.807) is 0 Å². The molecule has 0 saturated carbocycles. The van der Waals surface area contributed by atoms with Gasteiger partial charge in [0.2, 0.25) is 0 Å². The van der Waals surface area contributed by atoms with Crippen molar-refractivity contribution in [2.75, 3.05) is 0 Å². The highest BCUT2D eigenvalue weighted by Crippen LogP contribution is 2.06. The predicted molar refractivity (Wildman–Crippen MR) is 65.0 cm³/mol. The van der Waals surface area contributed by atoms with Crippen LogP contribution in [0.4, 0.5) is 0 Å². The van der Waals surface area contributed by atoms with Gasteiger partial charge in [-0.25, -0.2) is 0 Å². The Morgan fingerprint density at radius 1 is 0.786 bits per heavy atom. The molecule has 0 N–H and O–H groups in total. The molecule has 0 aliphatic carbocycles. The molecule has 0 unspecified atom stereocenters. The van der Waals surface area contributed by atoms with E-state index in [9.17, 15) is 0 Å². The second-order valence-corrected chi connectivity index (χ2v) is 3.83. The van der Waals surface area contributed by atoms with Crippen LogP contribution in [0.2, 0.25) is 0 Å². The molecule has 0 heteroatoms. The molecule has 0 nitrogen and oxygen atoms in total. The quantitative estimate of drug-likeness (QED) is 0.385. The largest absolute Gasteiger partial charge is 0.103 e. The van der Waals surface area contributed by atoms with Gasteiger partial charge in [-0.05, 0) is 12.8 Å². The Morgan fingerprint density at radius 2 is 1.36 bits per heavy atom.